The highest BCUT2D eigenvalue weighted by Crippen LogP contribution is 2.25. The number of nitrogens with two attached hydrogens (primary N) is 1. The summed E-state index contributed by atoms with van der Waals surface area (Å²) >= 11 is 0. The maximum absolute atomic E-state index is 13.7. The van der Waals surface area contributed by atoms with Gasteiger partial charge in [0, 0.05) is 0 Å². The number of rotatable bonds is 2. The Kier molecular flexibility index (Phi) is 3.11. The predicted molar refractivity (Wildman–Crippen MR) is 67.8 cm³/mol. The van der Waals surface area contributed by atoms with E-state index in [4.69, 9.17) is 11.0 Å². The van der Waals surface area contributed by atoms with Crippen LogP contribution in [0, 0.1) is 24.1 Å². The number of anilines is 3. The fourth-order valence-corrected chi connectivity index (χ4v) is 1.57. The molecule has 2 aromatic rings. The van der Waals surface area contributed by atoms with Gasteiger partial charge in [-0.1, -0.05) is 12.1 Å². The SMILES string of the molecule is Cc1cccc(F)c1Nc1ncc(N)cc1C#N. The monoisotopic (exact) mass is 242 g/mol. The lowest BCUT2D eigenvalue weighted by atomic mass is 10.2. The zero-order chi connectivity index (χ0) is 13.1. The van der Waals surface area contributed by atoms with Crippen molar-refractivity contribution in [3.63, 3.8) is 0 Å². The largest absolute Gasteiger partial charge is 0.397 e. The molecule has 0 spiro atoms. The first kappa shape index (κ1) is 11.9. The summed E-state index contributed by atoms with van der Waals surface area (Å²) in [4.78, 5) is 4.00. The van der Waals surface area contributed by atoms with E-state index in [1.165, 1.54) is 18.3 Å². The van der Waals surface area contributed by atoms with Crippen LogP contribution in [0.5, 0.6) is 0 Å². The Labute approximate surface area is 104 Å². The van der Waals surface area contributed by atoms with Gasteiger partial charge in [0.2, 0.25) is 0 Å². The Bertz CT molecular complexity index is 611. The quantitative estimate of drug-likeness (QED) is 0.849. The van der Waals surface area contributed by atoms with Gasteiger partial charge >= 0.3 is 0 Å². The van der Waals surface area contributed by atoms with Gasteiger partial charge in [0.1, 0.15) is 17.7 Å². The number of hydrogen-bond donors (Lipinski definition) is 2. The van der Waals surface area contributed by atoms with Crippen LogP contribution in [0.1, 0.15) is 11.1 Å². The van der Waals surface area contributed by atoms with Gasteiger partial charge in [-0.15, -0.1) is 0 Å². The molecule has 0 fully saturated rings. The van der Waals surface area contributed by atoms with Crippen molar-refractivity contribution in [3.05, 3.63) is 47.4 Å². The van der Waals surface area contributed by atoms with Gasteiger partial charge in [-0.2, -0.15) is 5.26 Å². The van der Waals surface area contributed by atoms with E-state index < -0.39 is 5.82 Å². The van der Waals surface area contributed by atoms with Gasteiger partial charge < -0.3 is 11.1 Å². The van der Waals surface area contributed by atoms with Gasteiger partial charge in [0.25, 0.3) is 0 Å². The van der Waals surface area contributed by atoms with Gasteiger partial charge in [-0.25, -0.2) is 9.37 Å². The number of halogens is 1. The molecule has 0 saturated heterocycles. The van der Waals surface area contributed by atoms with Crippen molar-refractivity contribution < 1.29 is 4.39 Å². The number of nitriles is 1. The molecule has 18 heavy (non-hydrogen) atoms. The minimum absolute atomic E-state index is 0.276. The van der Waals surface area contributed by atoms with Crippen LogP contribution >= 0.6 is 0 Å². The van der Waals surface area contributed by atoms with Gasteiger partial charge in [-0.3, -0.25) is 0 Å². The number of aromatic nitrogens is 1. The first-order chi connectivity index (χ1) is 8.61. The minimum atomic E-state index is -0.391. The van der Waals surface area contributed by atoms with E-state index in [9.17, 15) is 4.39 Å². The molecule has 1 aromatic carbocycles. The summed E-state index contributed by atoms with van der Waals surface area (Å²) in [6, 6.07) is 8.20. The Morgan fingerprint density at radius 3 is 2.89 bits per heavy atom. The number of aryl methyl sites for hydroxylation is 1. The van der Waals surface area contributed by atoms with Crippen LogP contribution < -0.4 is 11.1 Å². The molecule has 90 valence electrons. The van der Waals surface area contributed by atoms with Gasteiger partial charge in [0.15, 0.2) is 0 Å². The Balaban J connectivity index is 2.44. The lowest BCUT2D eigenvalue weighted by molar-refractivity contribution is 0.631. The second-order valence-corrected chi connectivity index (χ2v) is 3.83. The molecule has 0 saturated carbocycles. The maximum Gasteiger partial charge on any atom is 0.148 e. The van der Waals surface area contributed by atoms with Crippen molar-refractivity contribution in [2.45, 2.75) is 6.92 Å². The Morgan fingerprint density at radius 2 is 2.22 bits per heavy atom. The van der Waals surface area contributed by atoms with Crippen LogP contribution in [-0.4, -0.2) is 4.98 Å². The molecule has 0 unspecified atom stereocenters. The van der Waals surface area contributed by atoms with Crippen molar-refractivity contribution in [2.24, 2.45) is 0 Å². The van der Waals surface area contributed by atoms with E-state index in [0.29, 0.717) is 17.2 Å². The lowest BCUT2D eigenvalue weighted by Gasteiger charge is -2.11. The van der Waals surface area contributed by atoms with Crippen LogP contribution in [0.4, 0.5) is 21.6 Å². The summed E-state index contributed by atoms with van der Waals surface area (Å²) in [6.07, 6.45) is 1.42. The van der Waals surface area contributed by atoms with Crippen LogP contribution in [0.25, 0.3) is 0 Å². The summed E-state index contributed by atoms with van der Waals surface area (Å²) in [5.74, 6) is -0.0996. The summed E-state index contributed by atoms with van der Waals surface area (Å²) in [5, 5.41) is 11.8. The smallest absolute Gasteiger partial charge is 0.148 e. The standard InChI is InChI=1S/C13H11FN4/c1-8-3-2-4-11(14)12(8)18-13-9(6-15)5-10(16)7-17-13/h2-5,7H,16H2,1H3,(H,17,18). The van der Waals surface area contributed by atoms with Crippen molar-refractivity contribution >= 4 is 17.2 Å². The number of para-hydroxylation sites is 1. The van der Waals surface area contributed by atoms with E-state index in [1.807, 2.05) is 6.07 Å². The molecule has 1 heterocycles. The molecule has 5 heteroatoms. The second kappa shape index (κ2) is 4.72. The molecule has 2 rings (SSSR count). The van der Waals surface area contributed by atoms with Crippen molar-refractivity contribution in [3.8, 4) is 6.07 Å². The molecule has 0 aliphatic carbocycles. The molecule has 0 bridgehead atoms. The average molecular weight is 242 g/mol. The lowest BCUT2D eigenvalue weighted by Crippen LogP contribution is -2.02. The Morgan fingerprint density at radius 1 is 1.44 bits per heavy atom. The van der Waals surface area contributed by atoms with Crippen molar-refractivity contribution in [1.82, 2.24) is 4.98 Å². The summed E-state index contributed by atoms with van der Waals surface area (Å²) < 4.78 is 13.7. The zero-order valence-electron chi connectivity index (χ0n) is 9.74. The number of pyridine rings is 1. The van der Waals surface area contributed by atoms with Crippen LogP contribution in [0.2, 0.25) is 0 Å². The number of nitrogen functional groups attached to an aromatic ring is 1. The first-order valence-corrected chi connectivity index (χ1v) is 5.29. The molecule has 0 aliphatic heterocycles. The van der Waals surface area contributed by atoms with Gasteiger partial charge in [-0.05, 0) is 24.6 Å². The number of benzene rings is 1. The maximum atomic E-state index is 13.7. The molecule has 3 N–H and O–H groups in total. The fourth-order valence-electron chi connectivity index (χ4n) is 1.57. The van der Waals surface area contributed by atoms with Crippen molar-refractivity contribution in [1.29, 1.82) is 5.26 Å². The van der Waals surface area contributed by atoms with Gasteiger partial charge in [0.05, 0.1) is 23.1 Å². The van der Waals surface area contributed by atoms with Crippen LogP contribution in [0.15, 0.2) is 30.5 Å². The number of hydrogen-bond acceptors (Lipinski definition) is 4. The molecule has 0 radical (unpaired) electrons. The zero-order valence-corrected chi connectivity index (χ0v) is 9.74. The highest BCUT2D eigenvalue weighted by Gasteiger charge is 2.09. The first-order valence-electron chi connectivity index (χ1n) is 5.29. The highest BCUT2D eigenvalue weighted by molar-refractivity contribution is 5.67. The topological polar surface area (TPSA) is 74.7 Å². The molecular weight excluding hydrogens is 231 g/mol. The van der Waals surface area contributed by atoms with E-state index >= 15 is 0 Å². The number of nitrogens with one attached hydrogen (secondary N) is 1. The average Bonchev–Trinajstić information content (AvgIpc) is 2.35. The molecule has 0 atom stereocenters. The minimum Gasteiger partial charge on any atom is -0.397 e. The highest BCUT2D eigenvalue weighted by atomic mass is 19.1. The molecule has 4 nitrogen and oxygen atoms in total. The van der Waals surface area contributed by atoms with E-state index in [0.717, 1.165) is 5.56 Å². The third-order valence-electron chi connectivity index (χ3n) is 2.49. The number of nitrogens with zero attached hydrogens (tertiary/aromatic N) is 2. The summed E-state index contributed by atoms with van der Waals surface area (Å²) in [5.41, 5.74) is 7.25. The van der Waals surface area contributed by atoms with E-state index in [2.05, 4.69) is 10.3 Å². The predicted octanol–water partition coefficient (Wildman–Crippen LogP) is 2.73. The second-order valence-electron chi connectivity index (χ2n) is 3.83. The molecule has 0 aliphatic rings. The van der Waals surface area contributed by atoms with E-state index in [1.54, 1.807) is 19.1 Å². The van der Waals surface area contributed by atoms with Crippen LogP contribution in [-0.2, 0) is 0 Å². The normalized spacial score (nSPS) is 9.83. The molecular formula is C13H11FN4. The fraction of sp³-hybridized carbons (Fsp3) is 0.0769. The third-order valence-corrected chi connectivity index (χ3v) is 2.49. The van der Waals surface area contributed by atoms with Crippen LogP contribution in [0.3, 0.4) is 0 Å². The third kappa shape index (κ3) is 2.23. The molecule has 0 amide bonds. The summed E-state index contributed by atoms with van der Waals surface area (Å²) in [7, 11) is 0. The van der Waals surface area contributed by atoms with E-state index in [-0.39, 0.29) is 5.56 Å². The van der Waals surface area contributed by atoms with Crippen molar-refractivity contribution in [2.75, 3.05) is 11.1 Å². The summed E-state index contributed by atoms with van der Waals surface area (Å²) in [6.45, 7) is 1.77. The molecule has 1 aromatic heterocycles. The Hall–Kier alpha value is -2.61.